The van der Waals surface area contributed by atoms with E-state index in [1.54, 1.807) is 6.92 Å². The van der Waals surface area contributed by atoms with E-state index in [-0.39, 0.29) is 12.1 Å². The molecule has 0 bridgehead atoms. The van der Waals surface area contributed by atoms with E-state index in [1.165, 1.54) is 0 Å². The lowest BCUT2D eigenvalue weighted by Gasteiger charge is -2.39. The third-order valence-electron chi connectivity index (χ3n) is 2.34. The van der Waals surface area contributed by atoms with Gasteiger partial charge in [-0.3, -0.25) is 4.79 Å². The molecule has 1 fully saturated rings. The van der Waals surface area contributed by atoms with Gasteiger partial charge in [0.1, 0.15) is 6.23 Å². The number of ether oxygens (including phenoxy) is 1. The molecule has 0 N–H and O–H groups in total. The van der Waals surface area contributed by atoms with Crippen LogP contribution < -0.4 is 0 Å². The second-order valence-corrected chi connectivity index (χ2v) is 3.30. The normalized spacial score (nSPS) is 30.4. The average molecular weight is 171 g/mol. The van der Waals surface area contributed by atoms with Gasteiger partial charge in [0, 0.05) is 13.0 Å². The summed E-state index contributed by atoms with van der Waals surface area (Å²) in [6.07, 6.45) is 1.84. The fraction of sp³-hybridized carbons (Fsp3) is 0.889. The minimum Gasteiger partial charge on any atom is -0.358 e. The lowest BCUT2D eigenvalue weighted by Crippen LogP contribution is -2.50. The van der Waals surface area contributed by atoms with Crippen molar-refractivity contribution in [1.29, 1.82) is 0 Å². The van der Waals surface area contributed by atoms with Crippen molar-refractivity contribution in [3.05, 3.63) is 0 Å². The van der Waals surface area contributed by atoms with Crippen molar-refractivity contribution in [3.63, 3.8) is 0 Å². The predicted octanol–water partition coefficient (Wildman–Crippen LogP) is 1.38. The van der Waals surface area contributed by atoms with Crippen LogP contribution in [-0.4, -0.2) is 29.7 Å². The molecule has 0 spiro atoms. The maximum atomic E-state index is 11.2. The predicted molar refractivity (Wildman–Crippen MR) is 46.6 cm³/mol. The molecule has 0 saturated carbocycles. The standard InChI is InChI=1S/C9H17NO2/c1-4-9-10(8(3)11)7(2)5-6-12-9/h7,9H,4-6H2,1-3H3/t7-,9?/m1/s1. The molecule has 1 heterocycles. The molecule has 1 amide bonds. The van der Waals surface area contributed by atoms with Gasteiger partial charge in [0.25, 0.3) is 0 Å². The average Bonchev–Trinajstić information content (AvgIpc) is 2.03. The highest BCUT2D eigenvalue weighted by Gasteiger charge is 2.28. The molecule has 12 heavy (non-hydrogen) atoms. The van der Waals surface area contributed by atoms with E-state index in [2.05, 4.69) is 6.92 Å². The van der Waals surface area contributed by atoms with Crippen molar-refractivity contribution >= 4 is 5.91 Å². The van der Waals surface area contributed by atoms with Gasteiger partial charge >= 0.3 is 0 Å². The molecule has 0 aromatic heterocycles. The summed E-state index contributed by atoms with van der Waals surface area (Å²) in [7, 11) is 0. The third-order valence-corrected chi connectivity index (χ3v) is 2.34. The molecule has 1 aliphatic rings. The van der Waals surface area contributed by atoms with Gasteiger partial charge < -0.3 is 9.64 Å². The van der Waals surface area contributed by atoms with Gasteiger partial charge in [-0.25, -0.2) is 0 Å². The summed E-state index contributed by atoms with van der Waals surface area (Å²) in [5, 5.41) is 0. The maximum Gasteiger partial charge on any atom is 0.221 e. The van der Waals surface area contributed by atoms with Crippen LogP contribution >= 0.6 is 0 Å². The molecule has 3 heteroatoms. The first kappa shape index (κ1) is 9.52. The van der Waals surface area contributed by atoms with E-state index in [4.69, 9.17) is 4.74 Å². The van der Waals surface area contributed by atoms with Crippen LogP contribution in [0, 0.1) is 0 Å². The lowest BCUT2D eigenvalue weighted by molar-refractivity contribution is -0.160. The van der Waals surface area contributed by atoms with Gasteiger partial charge in [-0.1, -0.05) is 6.92 Å². The highest BCUT2D eigenvalue weighted by molar-refractivity contribution is 5.73. The van der Waals surface area contributed by atoms with Gasteiger partial charge in [-0.2, -0.15) is 0 Å². The first-order valence-electron chi connectivity index (χ1n) is 4.57. The van der Waals surface area contributed by atoms with Crippen LogP contribution in [0.1, 0.15) is 33.6 Å². The molecule has 0 radical (unpaired) electrons. The summed E-state index contributed by atoms with van der Waals surface area (Å²) in [5.41, 5.74) is 0. The van der Waals surface area contributed by atoms with Gasteiger partial charge in [-0.15, -0.1) is 0 Å². The van der Waals surface area contributed by atoms with E-state index in [0.29, 0.717) is 6.04 Å². The summed E-state index contributed by atoms with van der Waals surface area (Å²) in [4.78, 5) is 13.1. The van der Waals surface area contributed by atoms with Gasteiger partial charge in [0.15, 0.2) is 0 Å². The molecule has 2 atom stereocenters. The fourth-order valence-corrected chi connectivity index (χ4v) is 1.71. The Labute approximate surface area is 73.7 Å². The monoisotopic (exact) mass is 171 g/mol. The Hall–Kier alpha value is -0.570. The Kier molecular flexibility index (Phi) is 3.09. The number of carbonyl (C=O) groups excluding carboxylic acids is 1. The van der Waals surface area contributed by atoms with Crippen molar-refractivity contribution in [1.82, 2.24) is 4.90 Å². The Balaban J connectivity index is 2.66. The topological polar surface area (TPSA) is 29.5 Å². The number of amides is 1. The largest absolute Gasteiger partial charge is 0.358 e. The second kappa shape index (κ2) is 3.90. The Bertz CT molecular complexity index is 170. The Morgan fingerprint density at radius 3 is 2.75 bits per heavy atom. The van der Waals surface area contributed by atoms with Crippen LogP contribution in [0.2, 0.25) is 0 Å². The number of carbonyl (C=O) groups is 1. The van der Waals surface area contributed by atoms with Crippen LogP contribution in [0.4, 0.5) is 0 Å². The molecular formula is C9H17NO2. The number of nitrogens with zero attached hydrogens (tertiary/aromatic N) is 1. The number of rotatable bonds is 1. The first-order chi connectivity index (χ1) is 5.66. The molecule has 1 rings (SSSR count). The molecule has 3 nitrogen and oxygen atoms in total. The van der Waals surface area contributed by atoms with Crippen molar-refractivity contribution in [2.75, 3.05) is 6.61 Å². The first-order valence-corrected chi connectivity index (χ1v) is 4.57. The van der Waals surface area contributed by atoms with Gasteiger partial charge in [0.05, 0.1) is 6.61 Å². The smallest absolute Gasteiger partial charge is 0.221 e. The molecule has 70 valence electrons. The molecule has 1 saturated heterocycles. The zero-order chi connectivity index (χ0) is 9.14. The molecule has 0 aromatic rings. The zero-order valence-electron chi connectivity index (χ0n) is 8.04. The molecular weight excluding hydrogens is 154 g/mol. The Morgan fingerprint density at radius 1 is 1.67 bits per heavy atom. The van der Waals surface area contributed by atoms with Gasteiger partial charge in [0.2, 0.25) is 5.91 Å². The lowest BCUT2D eigenvalue weighted by atomic mass is 10.1. The highest BCUT2D eigenvalue weighted by Crippen LogP contribution is 2.18. The minimum absolute atomic E-state index is 0.00579. The molecule has 1 aliphatic heterocycles. The van der Waals surface area contributed by atoms with Gasteiger partial charge in [-0.05, 0) is 19.8 Å². The van der Waals surface area contributed by atoms with Crippen LogP contribution in [-0.2, 0) is 9.53 Å². The molecule has 0 aromatic carbocycles. The van der Waals surface area contributed by atoms with E-state index in [1.807, 2.05) is 11.8 Å². The van der Waals surface area contributed by atoms with Crippen molar-refractivity contribution in [2.24, 2.45) is 0 Å². The SMILES string of the molecule is CCC1OCC[C@@H](C)N1C(C)=O. The van der Waals surface area contributed by atoms with Crippen molar-refractivity contribution < 1.29 is 9.53 Å². The van der Waals surface area contributed by atoms with E-state index >= 15 is 0 Å². The minimum atomic E-state index is 0.00579. The maximum absolute atomic E-state index is 11.2. The highest BCUT2D eigenvalue weighted by atomic mass is 16.5. The van der Waals surface area contributed by atoms with Crippen LogP contribution in [0.15, 0.2) is 0 Å². The Morgan fingerprint density at radius 2 is 2.33 bits per heavy atom. The fourth-order valence-electron chi connectivity index (χ4n) is 1.71. The summed E-state index contributed by atoms with van der Waals surface area (Å²) in [5.74, 6) is 0.119. The summed E-state index contributed by atoms with van der Waals surface area (Å²) in [6, 6.07) is 0.334. The summed E-state index contributed by atoms with van der Waals surface area (Å²) >= 11 is 0. The number of hydrogen-bond acceptors (Lipinski definition) is 2. The third kappa shape index (κ3) is 1.78. The van der Waals surface area contributed by atoms with Crippen LogP contribution in [0.5, 0.6) is 0 Å². The van der Waals surface area contributed by atoms with Crippen molar-refractivity contribution in [3.8, 4) is 0 Å². The quantitative estimate of drug-likeness (QED) is 0.596. The summed E-state index contributed by atoms with van der Waals surface area (Å²) in [6.45, 7) is 6.50. The van der Waals surface area contributed by atoms with E-state index < -0.39 is 0 Å². The molecule has 1 unspecified atom stereocenters. The van der Waals surface area contributed by atoms with Crippen molar-refractivity contribution in [2.45, 2.75) is 45.9 Å². The number of hydrogen-bond donors (Lipinski definition) is 0. The van der Waals surface area contributed by atoms with Crippen LogP contribution in [0.25, 0.3) is 0 Å². The zero-order valence-corrected chi connectivity index (χ0v) is 8.04. The van der Waals surface area contributed by atoms with Crippen LogP contribution in [0.3, 0.4) is 0 Å². The van der Waals surface area contributed by atoms with E-state index in [9.17, 15) is 4.79 Å². The summed E-state index contributed by atoms with van der Waals surface area (Å²) < 4.78 is 5.48. The molecule has 0 aliphatic carbocycles. The second-order valence-electron chi connectivity index (χ2n) is 3.30. The van der Waals surface area contributed by atoms with E-state index in [0.717, 1.165) is 19.4 Å².